The van der Waals surface area contributed by atoms with Crippen LogP contribution >= 0.6 is 15.0 Å². The fourth-order valence-corrected chi connectivity index (χ4v) is 7.33. The summed E-state index contributed by atoms with van der Waals surface area (Å²) in [4.78, 5) is 45.4. The lowest BCUT2D eigenvalue weighted by Crippen LogP contribution is -2.34. The van der Waals surface area contributed by atoms with Crippen LogP contribution in [0.4, 0.5) is 20.5 Å². The van der Waals surface area contributed by atoms with Gasteiger partial charge in [-0.1, -0.05) is 0 Å². The van der Waals surface area contributed by atoms with Gasteiger partial charge < -0.3 is 30.4 Å². The number of nitrogens with zero attached hydrogens (tertiary/aromatic N) is 7. The number of imidazole rings is 2. The molecule has 2 bridgehead atoms. The van der Waals surface area contributed by atoms with Gasteiger partial charge in [0.2, 0.25) is 5.95 Å². The van der Waals surface area contributed by atoms with E-state index in [0.29, 0.717) is 0 Å². The van der Waals surface area contributed by atoms with Crippen molar-refractivity contribution in [3.05, 3.63) is 29.3 Å². The average Bonchev–Trinajstić information content (AvgIpc) is 3.72. The maximum Gasteiger partial charge on any atom is 0.698 e. The second-order valence-corrected chi connectivity index (χ2v) is 13.5. The van der Waals surface area contributed by atoms with E-state index in [0.717, 1.165) is 10.9 Å². The summed E-state index contributed by atoms with van der Waals surface area (Å²) in [5, 5.41) is 0. The summed E-state index contributed by atoms with van der Waals surface area (Å²) in [5.74, 6) is -0.199. The minimum absolute atomic E-state index is 0.0564. The maximum atomic E-state index is 15.9. The summed E-state index contributed by atoms with van der Waals surface area (Å²) in [6.45, 7) is -5.60. The third-order valence-corrected chi connectivity index (χ3v) is 9.46. The van der Waals surface area contributed by atoms with E-state index in [1.165, 1.54) is 17.2 Å². The number of nitrogens with two attached hydrogens (primary N) is 2. The highest BCUT2D eigenvalue weighted by atomic mass is 32.5. The second-order valence-electron chi connectivity index (χ2n) is 9.80. The van der Waals surface area contributed by atoms with Crippen molar-refractivity contribution in [2.75, 3.05) is 24.7 Å². The van der Waals surface area contributed by atoms with E-state index < -0.39 is 83.0 Å². The Kier molecular flexibility index (Phi) is 7.40. The fraction of sp³-hybridized carbons (Fsp3) is 0.500. The van der Waals surface area contributed by atoms with Crippen molar-refractivity contribution in [1.29, 1.82) is 0 Å². The smallest absolute Gasteiger partial charge is 0.382 e. The number of fused-ring (bicyclic) bond motifs is 5. The Morgan fingerprint density at radius 1 is 1.00 bits per heavy atom. The molecule has 10 unspecified atom stereocenters. The van der Waals surface area contributed by atoms with Crippen molar-refractivity contribution >= 4 is 60.9 Å². The van der Waals surface area contributed by atoms with Crippen molar-refractivity contribution in [2.24, 2.45) is 0 Å². The van der Waals surface area contributed by atoms with Crippen LogP contribution in [0.3, 0.4) is 0 Å². The number of alkyl halides is 2. The Labute approximate surface area is 249 Å². The van der Waals surface area contributed by atoms with Crippen LogP contribution in [0.15, 0.2) is 23.8 Å². The largest absolute Gasteiger partial charge is 0.698 e. The van der Waals surface area contributed by atoms with Crippen LogP contribution in [0.5, 0.6) is 0 Å². The first-order chi connectivity index (χ1) is 21.0. The first-order valence-corrected chi connectivity index (χ1v) is 16.4. The van der Waals surface area contributed by atoms with Crippen molar-refractivity contribution in [2.45, 2.75) is 49.2 Å². The van der Waals surface area contributed by atoms with Crippen molar-refractivity contribution < 1.29 is 45.8 Å². The van der Waals surface area contributed by atoms with Gasteiger partial charge in [0.1, 0.15) is 36.8 Å². The molecule has 6 N–H and O–H groups in total. The van der Waals surface area contributed by atoms with E-state index in [1.54, 1.807) is 0 Å². The number of H-pyrrole nitrogens is 1. The summed E-state index contributed by atoms with van der Waals surface area (Å²) >= 11 is 5.10. The van der Waals surface area contributed by atoms with Crippen molar-refractivity contribution in [3.8, 4) is 0 Å². The zero-order valence-electron chi connectivity index (χ0n) is 21.8. The molecule has 7 heterocycles. The summed E-state index contributed by atoms with van der Waals surface area (Å²) in [6.07, 6.45) is -9.37. The summed E-state index contributed by atoms with van der Waals surface area (Å²) in [6, 6.07) is 0. The number of aromatic amines is 1. The van der Waals surface area contributed by atoms with Crippen LogP contribution in [0, 0.1) is 0 Å². The molecule has 3 aliphatic rings. The van der Waals surface area contributed by atoms with Crippen LogP contribution < -0.4 is 17.0 Å². The fourth-order valence-electron chi connectivity index (χ4n) is 5.15. The lowest BCUT2D eigenvalue weighted by atomic mass is 10.1. The molecule has 4 aromatic heterocycles. The molecule has 3 aliphatic heterocycles. The van der Waals surface area contributed by atoms with Crippen LogP contribution in [0.1, 0.15) is 12.5 Å². The molecular formula is C20H21F2N10O9P2S+. The zero-order valence-corrected chi connectivity index (χ0v) is 24.4. The van der Waals surface area contributed by atoms with Gasteiger partial charge in [-0.05, 0) is 11.8 Å². The Bertz CT molecular complexity index is 1880. The monoisotopic (exact) mass is 677 g/mol. The first-order valence-electron chi connectivity index (χ1n) is 12.7. The van der Waals surface area contributed by atoms with Gasteiger partial charge in [-0.2, -0.15) is 4.98 Å². The summed E-state index contributed by atoms with van der Waals surface area (Å²) < 4.78 is 80.2. The number of halogens is 2. The molecule has 4 aromatic rings. The predicted molar refractivity (Wildman–Crippen MR) is 146 cm³/mol. The van der Waals surface area contributed by atoms with E-state index in [-0.39, 0.29) is 34.1 Å². The van der Waals surface area contributed by atoms with Crippen LogP contribution in [0.25, 0.3) is 22.3 Å². The standard InChI is InChI=1S/C20H20F2N10O9P2S/c21-8-6-2-37-43(35,44)41-12-7(39-18(9(12)22)32-5-28-11-16(32)29-20(24)30-17(11)33)1-36-42(34)40-13(8)19(38-6)31-4-27-10-14(23)25-3-26-15(10)31/h3-9,12-13,18-19H,1-2H2,(H5-,23,24,25,26,29,30,33,35,44)/p+1. The van der Waals surface area contributed by atoms with Crippen LogP contribution in [0.2, 0.25) is 0 Å². The molecule has 24 heteroatoms. The van der Waals surface area contributed by atoms with E-state index in [2.05, 4.69) is 29.9 Å². The van der Waals surface area contributed by atoms with Gasteiger partial charge in [0.05, 0.1) is 19.3 Å². The first kappa shape index (κ1) is 29.5. The molecule has 3 fully saturated rings. The normalized spacial score (nSPS) is 35.8. The number of hydrogen-bond acceptors (Lipinski definition) is 16. The van der Waals surface area contributed by atoms with E-state index in [1.807, 2.05) is 0 Å². The molecule has 0 aliphatic carbocycles. The van der Waals surface area contributed by atoms with Gasteiger partial charge in [-0.15, -0.1) is 9.05 Å². The van der Waals surface area contributed by atoms with Crippen LogP contribution in [-0.4, -0.2) is 93.9 Å². The quantitative estimate of drug-likeness (QED) is 0.208. The Morgan fingerprint density at radius 2 is 1.73 bits per heavy atom. The molecule has 0 aromatic carbocycles. The Balaban J connectivity index is 1.18. The Morgan fingerprint density at radius 3 is 2.52 bits per heavy atom. The molecule has 44 heavy (non-hydrogen) atoms. The SMILES string of the molecule is Nc1nc2c(ncn2C2OC3CO[P+](=O)OC4C(F)C(COP(O)(=S)OC3C2F)OC4n2cnc3c(N)ncnc32)c(=O)[nH]1. The van der Waals surface area contributed by atoms with E-state index >= 15 is 8.78 Å². The maximum absolute atomic E-state index is 15.9. The molecule has 19 nitrogen and oxygen atoms in total. The number of nitrogen functional groups attached to an aromatic ring is 2. The second kappa shape index (κ2) is 11.0. The van der Waals surface area contributed by atoms with Gasteiger partial charge in [-0.25, -0.2) is 28.7 Å². The minimum atomic E-state index is -4.30. The topological polar surface area (TPSA) is 252 Å². The van der Waals surface area contributed by atoms with Gasteiger partial charge in [0, 0.05) is 4.57 Å². The number of aromatic nitrogens is 8. The lowest BCUT2D eigenvalue weighted by Gasteiger charge is -2.25. The van der Waals surface area contributed by atoms with Gasteiger partial charge in [0.15, 0.2) is 53.5 Å². The predicted octanol–water partition coefficient (Wildman–Crippen LogP) is 0.286. The van der Waals surface area contributed by atoms with Gasteiger partial charge in [0.25, 0.3) is 5.56 Å². The summed E-state index contributed by atoms with van der Waals surface area (Å²) in [7, 11) is -3.08. The summed E-state index contributed by atoms with van der Waals surface area (Å²) in [5.41, 5.74) is 10.9. The lowest BCUT2D eigenvalue weighted by molar-refractivity contribution is -0.0573. The number of anilines is 2. The minimum Gasteiger partial charge on any atom is -0.382 e. The molecule has 0 saturated carbocycles. The molecule has 0 amide bonds. The highest BCUT2D eigenvalue weighted by Gasteiger charge is 2.55. The van der Waals surface area contributed by atoms with E-state index in [9.17, 15) is 14.3 Å². The van der Waals surface area contributed by atoms with Gasteiger partial charge >= 0.3 is 15.0 Å². The highest BCUT2D eigenvalue weighted by molar-refractivity contribution is 8.07. The highest BCUT2D eigenvalue weighted by Crippen LogP contribution is 2.51. The van der Waals surface area contributed by atoms with Crippen LogP contribution in [-0.2, 0) is 43.9 Å². The Hall–Kier alpha value is -3.17. The average molecular weight is 677 g/mol. The third kappa shape index (κ3) is 5.06. The molecule has 3 saturated heterocycles. The zero-order chi connectivity index (χ0) is 30.9. The third-order valence-electron chi connectivity index (χ3n) is 7.13. The van der Waals surface area contributed by atoms with Crippen molar-refractivity contribution in [1.82, 2.24) is 39.0 Å². The molecule has 10 atom stereocenters. The number of hydrogen-bond donors (Lipinski definition) is 4. The number of nitrogens with one attached hydrogen (secondary N) is 1. The molecule has 0 spiro atoms. The number of ether oxygens (including phenoxy) is 2. The molecule has 7 rings (SSSR count). The van der Waals surface area contributed by atoms with Crippen molar-refractivity contribution in [3.63, 3.8) is 0 Å². The molecule has 234 valence electrons. The van der Waals surface area contributed by atoms with Gasteiger partial charge in [-0.3, -0.25) is 23.4 Å². The van der Waals surface area contributed by atoms with E-state index in [4.69, 9.17) is 50.8 Å². The molecule has 0 radical (unpaired) electrons. The molecular weight excluding hydrogens is 656 g/mol. The number of rotatable bonds is 2.